The summed E-state index contributed by atoms with van der Waals surface area (Å²) in [5.41, 5.74) is 4.95. The lowest BCUT2D eigenvalue weighted by molar-refractivity contribution is 0.0689. The smallest absolute Gasteiger partial charge is 0.259 e. The van der Waals surface area contributed by atoms with E-state index in [1.807, 2.05) is 36.4 Å². The van der Waals surface area contributed by atoms with Crippen molar-refractivity contribution in [2.45, 2.75) is 12.1 Å². The summed E-state index contributed by atoms with van der Waals surface area (Å²) in [6, 6.07) is 10.6. The monoisotopic (exact) mass is 347 g/mol. The van der Waals surface area contributed by atoms with Gasteiger partial charge in [-0.2, -0.15) is 0 Å². The Labute approximate surface area is 150 Å². The number of carbonyl (C=O) groups is 1. The van der Waals surface area contributed by atoms with Crippen molar-refractivity contribution in [3.8, 4) is 11.5 Å². The van der Waals surface area contributed by atoms with E-state index in [0.717, 1.165) is 33.7 Å². The van der Waals surface area contributed by atoms with E-state index in [4.69, 9.17) is 9.47 Å². The van der Waals surface area contributed by atoms with Crippen LogP contribution in [0.2, 0.25) is 0 Å². The highest BCUT2D eigenvalue weighted by molar-refractivity contribution is 6.12. The highest BCUT2D eigenvalue weighted by Crippen LogP contribution is 2.51. The van der Waals surface area contributed by atoms with Gasteiger partial charge in [0.2, 0.25) is 0 Å². The molecule has 2 atom stereocenters. The second kappa shape index (κ2) is 5.22. The average Bonchev–Trinajstić information content (AvgIpc) is 3.13. The summed E-state index contributed by atoms with van der Waals surface area (Å²) >= 11 is 0. The van der Waals surface area contributed by atoms with Gasteiger partial charge in [-0.05, 0) is 53.1 Å². The fourth-order valence-electron chi connectivity index (χ4n) is 4.17. The molecule has 1 N–H and O–H groups in total. The summed E-state index contributed by atoms with van der Waals surface area (Å²) < 4.78 is 10.6. The third-order valence-electron chi connectivity index (χ3n) is 5.42. The van der Waals surface area contributed by atoms with Gasteiger partial charge in [0.15, 0.2) is 0 Å². The van der Waals surface area contributed by atoms with E-state index in [1.54, 1.807) is 31.3 Å². The minimum atomic E-state index is -0.772. The van der Waals surface area contributed by atoms with E-state index in [0.29, 0.717) is 11.3 Å². The fourth-order valence-corrected chi connectivity index (χ4v) is 4.17. The van der Waals surface area contributed by atoms with Crippen LogP contribution in [0.4, 0.5) is 0 Å². The fraction of sp³-hybridized carbons (Fsp3) is 0.190. The number of benzene rings is 2. The number of nitrogens with zero attached hydrogens (tertiary/aromatic N) is 1. The van der Waals surface area contributed by atoms with Gasteiger partial charge in [0.1, 0.15) is 17.6 Å². The van der Waals surface area contributed by atoms with Crippen LogP contribution in [-0.4, -0.2) is 36.2 Å². The molecule has 1 amide bonds. The Morgan fingerprint density at radius 2 is 1.62 bits per heavy atom. The van der Waals surface area contributed by atoms with Crippen molar-refractivity contribution in [1.29, 1.82) is 0 Å². The van der Waals surface area contributed by atoms with Crippen LogP contribution in [0.15, 0.2) is 48.6 Å². The number of aliphatic hydroxyl groups excluding tert-OH is 1. The van der Waals surface area contributed by atoms with Gasteiger partial charge in [-0.25, -0.2) is 0 Å². The molecule has 0 fully saturated rings. The molecule has 5 nitrogen and oxygen atoms in total. The zero-order valence-electron chi connectivity index (χ0n) is 14.4. The van der Waals surface area contributed by atoms with Crippen molar-refractivity contribution in [3.05, 3.63) is 70.8 Å². The molecule has 0 radical (unpaired) electrons. The minimum Gasteiger partial charge on any atom is -0.497 e. The molecule has 2 aromatic rings. The lowest BCUT2D eigenvalue weighted by atomic mass is 9.99. The van der Waals surface area contributed by atoms with Crippen molar-refractivity contribution in [2.75, 3.05) is 14.2 Å². The van der Waals surface area contributed by atoms with E-state index in [2.05, 4.69) is 0 Å². The number of hydrogen-bond acceptors (Lipinski definition) is 4. The number of carbonyl (C=O) groups excluding carboxylic acids is 1. The van der Waals surface area contributed by atoms with Crippen LogP contribution in [0, 0.1) is 0 Å². The molecule has 0 spiro atoms. The zero-order chi connectivity index (χ0) is 18.0. The summed E-state index contributed by atoms with van der Waals surface area (Å²) in [6.45, 7) is 0. The van der Waals surface area contributed by atoms with Crippen LogP contribution in [0.1, 0.15) is 33.2 Å². The Balaban J connectivity index is 1.68. The Morgan fingerprint density at radius 1 is 0.923 bits per heavy atom. The van der Waals surface area contributed by atoms with Crippen LogP contribution < -0.4 is 9.47 Å². The van der Waals surface area contributed by atoms with E-state index >= 15 is 0 Å². The Kier molecular flexibility index (Phi) is 3.06. The van der Waals surface area contributed by atoms with Crippen molar-refractivity contribution in [1.82, 2.24) is 4.90 Å². The van der Waals surface area contributed by atoms with Crippen molar-refractivity contribution in [2.24, 2.45) is 0 Å². The van der Waals surface area contributed by atoms with Crippen LogP contribution >= 0.6 is 0 Å². The predicted molar refractivity (Wildman–Crippen MR) is 96.9 cm³/mol. The Bertz CT molecular complexity index is 1020. The van der Waals surface area contributed by atoms with Crippen molar-refractivity contribution >= 4 is 17.2 Å². The Morgan fingerprint density at radius 3 is 2.35 bits per heavy atom. The van der Waals surface area contributed by atoms with Crippen LogP contribution in [0.5, 0.6) is 11.5 Å². The quantitative estimate of drug-likeness (QED) is 0.907. The molecular formula is C21H17NO4. The first kappa shape index (κ1) is 15.2. The number of allylic oxidation sites excluding steroid dienone is 2. The van der Waals surface area contributed by atoms with Gasteiger partial charge in [0.05, 0.1) is 26.0 Å². The lowest BCUT2D eigenvalue weighted by Gasteiger charge is -2.32. The predicted octanol–water partition coefficient (Wildman–Crippen LogP) is 3.01. The van der Waals surface area contributed by atoms with Crippen LogP contribution in [-0.2, 0) is 0 Å². The molecule has 5 heteroatoms. The van der Waals surface area contributed by atoms with Crippen LogP contribution in [0.25, 0.3) is 11.3 Å². The average molecular weight is 347 g/mol. The third-order valence-corrected chi connectivity index (χ3v) is 5.42. The van der Waals surface area contributed by atoms with Gasteiger partial charge in [-0.1, -0.05) is 12.1 Å². The molecule has 0 aromatic heterocycles. The minimum absolute atomic E-state index is 0.0941. The zero-order valence-corrected chi connectivity index (χ0v) is 14.4. The molecule has 2 aliphatic heterocycles. The number of methoxy groups -OCH3 is 2. The van der Waals surface area contributed by atoms with Gasteiger partial charge in [0.25, 0.3) is 5.91 Å². The number of hydrogen-bond donors (Lipinski definition) is 1. The molecule has 1 aliphatic carbocycles. The standard InChI is InChI=1S/C21H17NO4/c1-25-11-3-5-14-16(9-11)13-7-8-18-17-10-12(26-2)4-6-15(17)21(24)22(18)19(13)20(14)23/h3-10,19-20,23H,1-2H3/t19-,20-/m1/s1. The number of aliphatic hydroxyl groups is 1. The first-order valence-corrected chi connectivity index (χ1v) is 8.44. The van der Waals surface area contributed by atoms with E-state index in [9.17, 15) is 9.90 Å². The molecule has 0 unspecified atom stereocenters. The lowest BCUT2D eigenvalue weighted by Crippen LogP contribution is -2.38. The normalized spacial score (nSPS) is 22.1. The molecule has 2 aromatic carbocycles. The molecule has 3 aliphatic rings. The van der Waals surface area contributed by atoms with Crippen LogP contribution in [0.3, 0.4) is 0 Å². The maximum Gasteiger partial charge on any atom is 0.259 e. The summed E-state index contributed by atoms with van der Waals surface area (Å²) in [7, 11) is 3.22. The second-order valence-electron chi connectivity index (χ2n) is 6.60. The molecule has 0 saturated heterocycles. The number of rotatable bonds is 2. The molecule has 5 rings (SSSR count). The highest BCUT2D eigenvalue weighted by Gasteiger charge is 2.47. The third kappa shape index (κ3) is 1.81. The molecule has 130 valence electrons. The Hall–Kier alpha value is -3.05. The SMILES string of the molecule is COc1ccc2c(c1)C1=CC=C3c4cc(OC)ccc4[C@@H](O)[C@@H]3N1C2=O. The molecular weight excluding hydrogens is 330 g/mol. The highest BCUT2D eigenvalue weighted by atomic mass is 16.5. The molecule has 0 saturated carbocycles. The van der Waals surface area contributed by atoms with Gasteiger partial charge in [-0.3, -0.25) is 9.69 Å². The van der Waals surface area contributed by atoms with Gasteiger partial charge in [-0.15, -0.1) is 0 Å². The second-order valence-corrected chi connectivity index (χ2v) is 6.60. The van der Waals surface area contributed by atoms with Gasteiger partial charge in [0, 0.05) is 11.1 Å². The largest absolute Gasteiger partial charge is 0.497 e. The summed E-state index contributed by atoms with van der Waals surface area (Å²) in [4.78, 5) is 14.8. The first-order valence-electron chi connectivity index (χ1n) is 8.44. The number of ether oxygens (including phenoxy) is 2. The summed E-state index contributed by atoms with van der Waals surface area (Å²) in [6.07, 6.45) is 3.16. The molecule has 0 bridgehead atoms. The molecule has 26 heavy (non-hydrogen) atoms. The van der Waals surface area contributed by atoms with Crippen molar-refractivity contribution < 1.29 is 19.4 Å². The summed E-state index contributed by atoms with van der Waals surface area (Å²) in [5, 5.41) is 11.0. The van der Waals surface area contributed by atoms with E-state index < -0.39 is 12.1 Å². The van der Waals surface area contributed by atoms with Gasteiger partial charge >= 0.3 is 0 Å². The van der Waals surface area contributed by atoms with Gasteiger partial charge < -0.3 is 14.6 Å². The first-order chi connectivity index (χ1) is 12.6. The number of amides is 1. The molecule has 2 heterocycles. The number of fused-ring (bicyclic) bond motifs is 7. The maximum absolute atomic E-state index is 13.1. The maximum atomic E-state index is 13.1. The van der Waals surface area contributed by atoms with E-state index in [1.165, 1.54) is 0 Å². The van der Waals surface area contributed by atoms with Crippen molar-refractivity contribution in [3.63, 3.8) is 0 Å². The summed E-state index contributed by atoms with van der Waals surface area (Å²) in [5.74, 6) is 1.34. The topological polar surface area (TPSA) is 59.0 Å². The van der Waals surface area contributed by atoms with E-state index in [-0.39, 0.29) is 5.91 Å².